The maximum absolute atomic E-state index is 10.5. The summed E-state index contributed by atoms with van der Waals surface area (Å²) in [6, 6.07) is 10.8. The summed E-state index contributed by atoms with van der Waals surface area (Å²) in [5.41, 5.74) is 1.88. The Balaban J connectivity index is 1.34. The van der Waals surface area contributed by atoms with E-state index in [0.29, 0.717) is 40.9 Å². The van der Waals surface area contributed by atoms with E-state index in [1.54, 1.807) is 19.1 Å². The van der Waals surface area contributed by atoms with Gasteiger partial charge in [-0.25, -0.2) is 0 Å². The van der Waals surface area contributed by atoms with Crippen molar-refractivity contribution in [2.75, 3.05) is 11.9 Å². The highest BCUT2D eigenvalue weighted by molar-refractivity contribution is 5.68. The van der Waals surface area contributed by atoms with E-state index in [9.17, 15) is 5.11 Å². The van der Waals surface area contributed by atoms with E-state index < -0.39 is 0 Å². The summed E-state index contributed by atoms with van der Waals surface area (Å²) < 4.78 is 0. The monoisotopic (exact) mass is 392 g/mol. The molecule has 2 aliphatic rings. The van der Waals surface area contributed by atoms with Gasteiger partial charge in [0.05, 0.1) is 11.4 Å². The summed E-state index contributed by atoms with van der Waals surface area (Å²) in [6.45, 7) is 1.76. The van der Waals surface area contributed by atoms with E-state index in [0.717, 1.165) is 18.7 Å². The van der Waals surface area contributed by atoms with Gasteiger partial charge in [0, 0.05) is 36.8 Å². The molecule has 2 saturated heterocycles. The lowest BCUT2D eigenvalue weighted by Gasteiger charge is -2.36. The lowest BCUT2D eigenvalue weighted by Crippen LogP contribution is -2.47. The Morgan fingerprint density at radius 3 is 2.48 bits per heavy atom. The molecular weight excluding hydrogens is 368 g/mol. The Bertz CT molecular complexity index is 1010. The van der Waals surface area contributed by atoms with Crippen molar-refractivity contribution in [1.82, 2.24) is 35.7 Å². The summed E-state index contributed by atoms with van der Waals surface area (Å²) in [5.74, 6) is 1.53. The smallest absolute Gasteiger partial charge is 0.172 e. The van der Waals surface area contributed by atoms with Gasteiger partial charge in [-0.2, -0.15) is 0 Å². The number of aryl methyl sites for hydroxylation is 1. The Morgan fingerprint density at radius 1 is 1.07 bits per heavy atom. The number of hydrogen-bond acceptors (Lipinski definition) is 8. The van der Waals surface area contributed by atoms with Gasteiger partial charge in [0.15, 0.2) is 11.6 Å². The maximum Gasteiger partial charge on any atom is 0.172 e. The first kappa shape index (κ1) is 18.0. The summed E-state index contributed by atoms with van der Waals surface area (Å²) in [7, 11) is 2.10. The number of rotatable bonds is 4. The van der Waals surface area contributed by atoms with Crippen molar-refractivity contribution < 1.29 is 5.11 Å². The standard InChI is InChI=1S/C20H24N8O/c1-12-22-26-28(25-12)15-5-6-17(19(29)11-15)18-7-8-20(24-23-18)27(2)16-9-13-3-4-14(10-16)21-13/h5-8,11,13-14,16,21,29H,3-4,9-10H2,1-2H3/t13-,14+,16?. The normalized spacial score (nSPS) is 23.3. The van der Waals surface area contributed by atoms with Crippen LogP contribution in [0.5, 0.6) is 5.75 Å². The lowest BCUT2D eigenvalue weighted by molar-refractivity contribution is 0.353. The minimum Gasteiger partial charge on any atom is -0.507 e. The Kier molecular flexibility index (Phi) is 4.39. The fraction of sp³-hybridized carbons (Fsp3) is 0.450. The molecule has 1 aromatic carbocycles. The zero-order chi connectivity index (χ0) is 20.0. The van der Waals surface area contributed by atoms with Crippen LogP contribution in [-0.4, -0.2) is 60.7 Å². The molecule has 3 atom stereocenters. The van der Waals surface area contributed by atoms with Gasteiger partial charge in [0.1, 0.15) is 5.75 Å². The van der Waals surface area contributed by atoms with Gasteiger partial charge in [-0.15, -0.1) is 25.2 Å². The number of hydrogen-bond donors (Lipinski definition) is 2. The van der Waals surface area contributed by atoms with Crippen molar-refractivity contribution in [2.45, 2.75) is 50.7 Å². The molecule has 2 bridgehead atoms. The largest absolute Gasteiger partial charge is 0.507 e. The highest BCUT2D eigenvalue weighted by Gasteiger charge is 2.35. The molecule has 2 aliphatic heterocycles. The van der Waals surface area contributed by atoms with Gasteiger partial charge >= 0.3 is 0 Å². The second kappa shape index (κ2) is 7.07. The van der Waals surface area contributed by atoms with Crippen LogP contribution in [0.2, 0.25) is 0 Å². The van der Waals surface area contributed by atoms with Crippen LogP contribution in [0.4, 0.5) is 5.82 Å². The van der Waals surface area contributed by atoms with E-state index in [1.807, 2.05) is 18.2 Å². The van der Waals surface area contributed by atoms with Crippen molar-refractivity contribution in [2.24, 2.45) is 0 Å². The Labute approximate surface area is 168 Å². The predicted octanol–water partition coefficient (Wildman–Crippen LogP) is 1.85. The molecule has 2 aromatic heterocycles. The molecule has 0 spiro atoms. The van der Waals surface area contributed by atoms with E-state index in [2.05, 4.69) is 42.9 Å². The number of tetrazole rings is 1. The minimum atomic E-state index is 0.0998. The van der Waals surface area contributed by atoms with E-state index >= 15 is 0 Å². The van der Waals surface area contributed by atoms with Gasteiger partial charge in [-0.3, -0.25) is 0 Å². The van der Waals surface area contributed by atoms with Crippen molar-refractivity contribution in [3.63, 3.8) is 0 Å². The lowest BCUT2D eigenvalue weighted by atomic mass is 9.98. The first-order valence-electron chi connectivity index (χ1n) is 10.00. The van der Waals surface area contributed by atoms with Gasteiger partial charge in [-0.1, -0.05) is 0 Å². The average Bonchev–Trinajstić information content (AvgIpc) is 3.32. The van der Waals surface area contributed by atoms with Crippen molar-refractivity contribution >= 4 is 5.82 Å². The quantitative estimate of drug-likeness (QED) is 0.693. The topological polar surface area (TPSA) is 105 Å². The molecular formula is C20H24N8O. The van der Waals surface area contributed by atoms with Crippen LogP contribution in [0, 0.1) is 6.92 Å². The van der Waals surface area contributed by atoms with Crippen molar-refractivity contribution in [1.29, 1.82) is 0 Å². The van der Waals surface area contributed by atoms with Crippen LogP contribution < -0.4 is 10.2 Å². The van der Waals surface area contributed by atoms with Crippen molar-refractivity contribution in [3.8, 4) is 22.7 Å². The zero-order valence-corrected chi connectivity index (χ0v) is 16.5. The third-order valence-electron chi connectivity index (χ3n) is 6.01. The van der Waals surface area contributed by atoms with E-state index in [-0.39, 0.29) is 5.75 Å². The number of aromatic nitrogens is 6. The number of nitrogens with zero attached hydrogens (tertiary/aromatic N) is 7. The summed E-state index contributed by atoms with van der Waals surface area (Å²) in [5, 5.41) is 34.9. The van der Waals surface area contributed by atoms with Gasteiger partial charge in [0.2, 0.25) is 0 Å². The number of fused-ring (bicyclic) bond motifs is 2. The van der Waals surface area contributed by atoms with E-state index in [4.69, 9.17) is 0 Å². The molecule has 3 aromatic rings. The highest BCUT2D eigenvalue weighted by atomic mass is 16.3. The predicted molar refractivity (Wildman–Crippen MR) is 108 cm³/mol. The number of benzene rings is 1. The molecule has 2 N–H and O–H groups in total. The van der Waals surface area contributed by atoms with Crippen LogP contribution in [0.25, 0.3) is 16.9 Å². The second-order valence-electron chi connectivity index (χ2n) is 7.98. The average molecular weight is 392 g/mol. The first-order chi connectivity index (χ1) is 14.1. The molecule has 5 rings (SSSR count). The summed E-state index contributed by atoms with van der Waals surface area (Å²) in [6.07, 6.45) is 4.85. The highest BCUT2D eigenvalue weighted by Crippen LogP contribution is 2.32. The first-order valence-corrected chi connectivity index (χ1v) is 10.00. The van der Waals surface area contributed by atoms with Crippen molar-refractivity contribution in [3.05, 3.63) is 36.2 Å². The molecule has 4 heterocycles. The molecule has 0 saturated carbocycles. The van der Waals surface area contributed by atoms with Gasteiger partial charge < -0.3 is 15.3 Å². The SMILES string of the molecule is Cc1nnn(-c2ccc(-c3ccc(N(C)C4C[C@H]5CC[C@@H](C4)N5)nn3)c(O)c2)n1. The van der Waals surface area contributed by atoms with Crippen LogP contribution in [0.15, 0.2) is 30.3 Å². The third-order valence-corrected chi connectivity index (χ3v) is 6.01. The fourth-order valence-electron chi connectivity index (χ4n) is 4.44. The van der Waals surface area contributed by atoms with Crippen LogP contribution >= 0.6 is 0 Å². The number of aromatic hydroxyl groups is 1. The number of anilines is 1. The summed E-state index contributed by atoms with van der Waals surface area (Å²) >= 11 is 0. The Morgan fingerprint density at radius 2 is 1.86 bits per heavy atom. The zero-order valence-electron chi connectivity index (χ0n) is 16.5. The number of piperidine rings is 1. The molecule has 9 nitrogen and oxygen atoms in total. The van der Waals surface area contributed by atoms with Crippen LogP contribution in [0.1, 0.15) is 31.5 Å². The Hall–Kier alpha value is -3.07. The van der Waals surface area contributed by atoms with E-state index in [1.165, 1.54) is 17.6 Å². The fourth-order valence-corrected chi connectivity index (χ4v) is 4.44. The molecule has 29 heavy (non-hydrogen) atoms. The molecule has 150 valence electrons. The number of phenolic OH excluding ortho intramolecular Hbond substituents is 1. The number of nitrogens with one attached hydrogen (secondary N) is 1. The number of phenols is 1. The summed E-state index contributed by atoms with van der Waals surface area (Å²) in [4.78, 5) is 3.62. The maximum atomic E-state index is 10.5. The van der Waals surface area contributed by atoms with Gasteiger partial charge in [-0.05, 0) is 62.1 Å². The molecule has 9 heteroatoms. The second-order valence-corrected chi connectivity index (χ2v) is 7.98. The molecule has 0 aliphatic carbocycles. The molecule has 2 fully saturated rings. The van der Waals surface area contributed by atoms with Crippen LogP contribution in [-0.2, 0) is 0 Å². The molecule has 1 unspecified atom stereocenters. The molecule has 0 amide bonds. The minimum absolute atomic E-state index is 0.0998. The molecule has 0 radical (unpaired) electrons. The van der Waals surface area contributed by atoms with Crippen LogP contribution in [0.3, 0.4) is 0 Å². The van der Waals surface area contributed by atoms with Gasteiger partial charge in [0.25, 0.3) is 0 Å². The third kappa shape index (κ3) is 3.42.